The van der Waals surface area contributed by atoms with Crippen molar-refractivity contribution >= 4 is 15.5 Å². The number of anilines is 1. The number of nitrogens with zero attached hydrogens (tertiary/aromatic N) is 1. The Hall–Kier alpha value is -1.27. The summed E-state index contributed by atoms with van der Waals surface area (Å²) in [6.07, 6.45) is 1.47. The molecule has 2 heterocycles. The number of rotatable bonds is 2. The molecule has 20 heavy (non-hydrogen) atoms. The summed E-state index contributed by atoms with van der Waals surface area (Å²) in [6, 6.07) is 7.81. The second-order valence-electron chi connectivity index (χ2n) is 5.59. The Balaban J connectivity index is 2.04. The molecule has 0 amide bonds. The minimum Gasteiger partial charge on any atom is -0.491 e. The lowest BCUT2D eigenvalue weighted by Gasteiger charge is -2.41. The fourth-order valence-corrected chi connectivity index (χ4v) is 5.28. The molecule has 0 aromatic heterocycles. The zero-order chi connectivity index (χ0) is 14.2. The van der Waals surface area contributed by atoms with Crippen molar-refractivity contribution in [2.45, 2.75) is 18.4 Å². The van der Waals surface area contributed by atoms with E-state index in [1.165, 1.54) is 0 Å². The first-order valence-electron chi connectivity index (χ1n) is 6.96. The summed E-state index contributed by atoms with van der Waals surface area (Å²) in [7, 11) is -2.99. The van der Waals surface area contributed by atoms with E-state index in [0.29, 0.717) is 19.6 Å². The van der Waals surface area contributed by atoms with Crippen molar-refractivity contribution < 1.29 is 13.2 Å². The average Bonchev–Trinajstić information content (AvgIpc) is 2.63. The van der Waals surface area contributed by atoms with Crippen molar-refractivity contribution in [3.63, 3.8) is 0 Å². The van der Waals surface area contributed by atoms with Gasteiger partial charge in [-0.25, -0.2) is 8.42 Å². The molecule has 1 saturated heterocycles. The number of benzene rings is 1. The van der Waals surface area contributed by atoms with Crippen LogP contribution in [-0.4, -0.2) is 45.2 Å². The maximum Gasteiger partial charge on any atom is 0.152 e. The Morgan fingerprint density at radius 1 is 1.35 bits per heavy atom. The van der Waals surface area contributed by atoms with Crippen molar-refractivity contribution in [1.29, 1.82) is 0 Å². The summed E-state index contributed by atoms with van der Waals surface area (Å²) >= 11 is 0. The van der Waals surface area contributed by atoms with Gasteiger partial charge in [-0.3, -0.25) is 0 Å². The van der Waals surface area contributed by atoms with Crippen LogP contribution in [-0.2, 0) is 9.84 Å². The Kier molecular flexibility index (Phi) is 3.38. The van der Waals surface area contributed by atoms with Crippen LogP contribution in [0.15, 0.2) is 24.3 Å². The van der Waals surface area contributed by atoms with E-state index < -0.39 is 15.4 Å². The summed E-state index contributed by atoms with van der Waals surface area (Å²) in [5.74, 6) is 1.19. The second kappa shape index (κ2) is 4.93. The van der Waals surface area contributed by atoms with E-state index in [-0.39, 0.29) is 11.5 Å². The van der Waals surface area contributed by atoms with E-state index >= 15 is 0 Å². The molecule has 2 aliphatic rings. The van der Waals surface area contributed by atoms with Crippen molar-refractivity contribution in [2.24, 2.45) is 5.73 Å². The summed E-state index contributed by atoms with van der Waals surface area (Å²) in [5.41, 5.74) is 6.46. The van der Waals surface area contributed by atoms with Gasteiger partial charge >= 0.3 is 0 Å². The van der Waals surface area contributed by atoms with Gasteiger partial charge in [-0.1, -0.05) is 12.1 Å². The van der Waals surface area contributed by atoms with Crippen molar-refractivity contribution in [2.75, 3.05) is 36.1 Å². The molecule has 1 aromatic rings. The SMILES string of the molecule is NCC1(N2CCCOc3ccccc32)CCS(=O)(=O)C1. The molecule has 0 saturated carbocycles. The zero-order valence-electron chi connectivity index (χ0n) is 11.4. The molecule has 2 aliphatic heterocycles. The van der Waals surface area contributed by atoms with Crippen LogP contribution in [0.4, 0.5) is 5.69 Å². The van der Waals surface area contributed by atoms with Gasteiger partial charge in [0.1, 0.15) is 5.75 Å². The van der Waals surface area contributed by atoms with Crippen LogP contribution < -0.4 is 15.4 Å². The highest BCUT2D eigenvalue weighted by Gasteiger charge is 2.46. The normalized spacial score (nSPS) is 28.6. The molecule has 1 aromatic carbocycles. The molecule has 6 heteroatoms. The largest absolute Gasteiger partial charge is 0.491 e. The van der Waals surface area contributed by atoms with Crippen LogP contribution in [0.25, 0.3) is 0 Å². The third kappa shape index (κ3) is 2.27. The van der Waals surface area contributed by atoms with Gasteiger partial charge in [0.2, 0.25) is 0 Å². The quantitative estimate of drug-likeness (QED) is 0.873. The van der Waals surface area contributed by atoms with Gasteiger partial charge < -0.3 is 15.4 Å². The highest BCUT2D eigenvalue weighted by molar-refractivity contribution is 7.91. The minimum absolute atomic E-state index is 0.144. The molecule has 110 valence electrons. The van der Waals surface area contributed by atoms with Crippen molar-refractivity contribution in [1.82, 2.24) is 0 Å². The Morgan fingerprint density at radius 2 is 2.15 bits per heavy atom. The number of hydrogen-bond acceptors (Lipinski definition) is 5. The molecule has 1 atom stereocenters. The van der Waals surface area contributed by atoms with Gasteiger partial charge in [-0.15, -0.1) is 0 Å². The lowest BCUT2D eigenvalue weighted by atomic mass is 9.95. The van der Waals surface area contributed by atoms with Crippen LogP contribution in [0.2, 0.25) is 0 Å². The monoisotopic (exact) mass is 296 g/mol. The molecule has 5 nitrogen and oxygen atoms in total. The second-order valence-corrected chi connectivity index (χ2v) is 7.78. The molecule has 0 bridgehead atoms. The number of ether oxygens (including phenoxy) is 1. The standard InChI is InChI=1S/C14H20N2O3S/c15-10-14(6-9-20(17,18)11-14)16-7-3-8-19-13-5-2-1-4-12(13)16/h1-2,4-5H,3,6-11,15H2. The first-order valence-corrected chi connectivity index (χ1v) is 8.78. The van der Waals surface area contributed by atoms with E-state index in [1.54, 1.807) is 0 Å². The van der Waals surface area contributed by atoms with E-state index in [9.17, 15) is 8.42 Å². The van der Waals surface area contributed by atoms with Gasteiger partial charge in [0, 0.05) is 13.1 Å². The van der Waals surface area contributed by atoms with Crippen LogP contribution in [0.5, 0.6) is 5.75 Å². The van der Waals surface area contributed by atoms with E-state index in [4.69, 9.17) is 10.5 Å². The lowest BCUT2D eigenvalue weighted by Crippen LogP contribution is -2.55. The maximum atomic E-state index is 11.9. The maximum absolute atomic E-state index is 11.9. The molecular weight excluding hydrogens is 276 g/mol. The van der Waals surface area contributed by atoms with Gasteiger partial charge in [0.05, 0.1) is 29.3 Å². The molecule has 3 rings (SSSR count). The number of nitrogens with two attached hydrogens (primary N) is 1. The van der Waals surface area contributed by atoms with Crippen LogP contribution >= 0.6 is 0 Å². The molecule has 0 radical (unpaired) electrons. The van der Waals surface area contributed by atoms with E-state index in [0.717, 1.165) is 24.4 Å². The first-order chi connectivity index (χ1) is 9.56. The Morgan fingerprint density at radius 3 is 2.85 bits per heavy atom. The predicted octanol–water partition coefficient (Wildman–Crippen LogP) is 0.791. The molecule has 0 aliphatic carbocycles. The average molecular weight is 296 g/mol. The molecule has 2 N–H and O–H groups in total. The number of fused-ring (bicyclic) bond motifs is 1. The van der Waals surface area contributed by atoms with Gasteiger partial charge in [0.25, 0.3) is 0 Å². The summed E-state index contributed by atoms with van der Waals surface area (Å²) in [4.78, 5) is 2.17. The minimum atomic E-state index is -2.99. The summed E-state index contributed by atoms with van der Waals surface area (Å²) in [5, 5.41) is 0. The smallest absolute Gasteiger partial charge is 0.152 e. The predicted molar refractivity (Wildman–Crippen MR) is 79.0 cm³/mol. The molecule has 1 unspecified atom stereocenters. The third-order valence-corrected chi connectivity index (χ3v) is 6.06. The van der Waals surface area contributed by atoms with Gasteiger partial charge in [0.15, 0.2) is 9.84 Å². The highest BCUT2D eigenvalue weighted by Crippen LogP contribution is 2.39. The topological polar surface area (TPSA) is 72.6 Å². The summed E-state index contributed by atoms with van der Waals surface area (Å²) < 4.78 is 29.6. The van der Waals surface area contributed by atoms with E-state index in [1.807, 2.05) is 24.3 Å². The molecule has 1 fully saturated rings. The zero-order valence-corrected chi connectivity index (χ0v) is 12.2. The number of sulfone groups is 1. The van der Waals surface area contributed by atoms with Crippen LogP contribution in [0.3, 0.4) is 0 Å². The van der Waals surface area contributed by atoms with Crippen molar-refractivity contribution in [3.05, 3.63) is 24.3 Å². The molecular formula is C14H20N2O3S. The number of para-hydroxylation sites is 2. The van der Waals surface area contributed by atoms with E-state index in [2.05, 4.69) is 4.90 Å². The Bertz CT molecular complexity index is 602. The fraction of sp³-hybridized carbons (Fsp3) is 0.571. The van der Waals surface area contributed by atoms with Crippen molar-refractivity contribution in [3.8, 4) is 5.75 Å². The third-order valence-electron chi connectivity index (χ3n) is 4.26. The lowest BCUT2D eigenvalue weighted by molar-refractivity contribution is 0.321. The van der Waals surface area contributed by atoms with Crippen LogP contribution in [0, 0.1) is 0 Å². The first kappa shape index (κ1) is 13.7. The Labute approximate surface area is 119 Å². The highest BCUT2D eigenvalue weighted by atomic mass is 32.2. The number of hydrogen-bond donors (Lipinski definition) is 1. The molecule has 0 spiro atoms. The van der Waals surface area contributed by atoms with Crippen LogP contribution in [0.1, 0.15) is 12.8 Å². The summed E-state index contributed by atoms with van der Waals surface area (Å²) in [6.45, 7) is 1.78. The van der Waals surface area contributed by atoms with Gasteiger partial charge in [-0.2, -0.15) is 0 Å². The fourth-order valence-electron chi connectivity index (χ4n) is 3.20. The van der Waals surface area contributed by atoms with Gasteiger partial charge in [-0.05, 0) is 25.0 Å².